The summed E-state index contributed by atoms with van der Waals surface area (Å²) in [7, 11) is 0. The zero-order chi connectivity index (χ0) is 16.4. The Bertz CT molecular complexity index is 504. The van der Waals surface area contributed by atoms with Crippen molar-refractivity contribution >= 4 is 11.9 Å². The third-order valence-electron chi connectivity index (χ3n) is 6.79. The Labute approximate surface area is 132 Å². The number of hydrogen-bond donors (Lipinski definition) is 0. The molecule has 0 radical (unpaired) electrons. The molecule has 6 atom stereocenters. The Balaban J connectivity index is 1.79. The van der Waals surface area contributed by atoms with Crippen LogP contribution in [0.2, 0.25) is 0 Å². The van der Waals surface area contributed by atoms with Crippen molar-refractivity contribution in [2.45, 2.75) is 66.6 Å². The Hall–Kier alpha value is -1.06. The molecule has 2 aliphatic carbocycles. The van der Waals surface area contributed by atoms with Crippen molar-refractivity contribution in [1.29, 1.82) is 0 Å². The summed E-state index contributed by atoms with van der Waals surface area (Å²) in [6.07, 6.45) is 1.36. The summed E-state index contributed by atoms with van der Waals surface area (Å²) >= 11 is 0. The van der Waals surface area contributed by atoms with Crippen molar-refractivity contribution in [3.8, 4) is 0 Å². The molecule has 0 aromatic heterocycles. The second-order valence-electron chi connectivity index (χ2n) is 8.88. The van der Waals surface area contributed by atoms with E-state index < -0.39 is 5.41 Å². The molecule has 124 valence electrons. The molecule has 0 aromatic rings. The van der Waals surface area contributed by atoms with Crippen molar-refractivity contribution < 1.29 is 19.1 Å². The van der Waals surface area contributed by atoms with Crippen molar-refractivity contribution in [2.75, 3.05) is 0 Å². The van der Waals surface area contributed by atoms with Crippen LogP contribution in [0.4, 0.5) is 0 Å². The number of ether oxygens (including phenoxy) is 2. The summed E-state index contributed by atoms with van der Waals surface area (Å²) in [5.41, 5.74) is -0.748. The number of rotatable bonds is 3. The molecule has 6 unspecified atom stereocenters. The van der Waals surface area contributed by atoms with Gasteiger partial charge in [-0.1, -0.05) is 34.6 Å². The minimum Gasteiger partial charge on any atom is -0.458 e. The normalized spacial score (nSPS) is 39.0. The van der Waals surface area contributed by atoms with Gasteiger partial charge in [0.25, 0.3) is 0 Å². The Kier molecular flexibility index (Phi) is 3.39. The molecule has 4 heteroatoms. The maximum Gasteiger partial charge on any atom is 0.313 e. The molecule has 2 saturated carbocycles. The van der Waals surface area contributed by atoms with E-state index in [1.54, 1.807) is 0 Å². The Morgan fingerprint density at radius 1 is 1.23 bits per heavy atom. The average Bonchev–Trinajstić information content (AvgIpc) is 3.00. The van der Waals surface area contributed by atoms with Crippen LogP contribution in [0.15, 0.2) is 0 Å². The highest BCUT2D eigenvalue weighted by molar-refractivity contribution is 5.79. The summed E-state index contributed by atoms with van der Waals surface area (Å²) in [6, 6.07) is 0. The van der Waals surface area contributed by atoms with Gasteiger partial charge < -0.3 is 9.47 Å². The summed E-state index contributed by atoms with van der Waals surface area (Å²) < 4.78 is 11.5. The van der Waals surface area contributed by atoms with Gasteiger partial charge in [-0.2, -0.15) is 0 Å². The number of carbonyl (C=O) groups is 2. The molecule has 3 fully saturated rings. The molecule has 0 spiro atoms. The minimum absolute atomic E-state index is 0.0593. The molecule has 0 aromatic carbocycles. The highest BCUT2D eigenvalue weighted by Crippen LogP contribution is 2.56. The van der Waals surface area contributed by atoms with E-state index in [0.717, 1.165) is 12.8 Å². The van der Waals surface area contributed by atoms with Gasteiger partial charge in [0.15, 0.2) is 0 Å². The number of carbonyl (C=O) groups excluding carboxylic acids is 2. The van der Waals surface area contributed by atoms with Crippen LogP contribution in [0.3, 0.4) is 0 Å². The zero-order valence-corrected chi connectivity index (χ0v) is 14.5. The van der Waals surface area contributed by atoms with Gasteiger partial charge in [-0.15, -0.1) is 0 Å². The van der Waals surface area contributed by atoms with Crippen LogP contribution >= 0.6 is 0 Å². The van der Waals surface area contributed by atoms with Gasteiger partial charge in [-0.05, 0) is 31.1 Å². The van der Waals surface area contributed by atoms with Gasteiger partial charge in [0.2, 0.25) is 0 Å². The maximum atomic E-state index is 13.0. The van der Waals surface area contributed by atoms with Crippen LogP contribution in [0.5, 0.6) is 0 Å². The van der Waals surface area contributed by atoms with Crippen LogP contribution in [-0.4, -0.2) is 24.1 Å². The molecule has 3 aliphatic rings. The average molecular weight is 308 g/mol. The van der Waals surface area contributed by atoms with E-state index in [1.807, 2.05) is 6.92 Å². The predicted molar refractivity (Wildman–Crippen MR) is 81.9 cm³/mol. The van der Waals surface area contributed by atoms with E-state index in [9.17, 15) is 9.59 Å². The van der Waals surface area contributed by atoms with E-state index >= 15 is 0 Å². The quantitative estimate of drug-likeness (QED) is 0.751. The Morgan fingerprint density at radius 3 is 2.41 bits per heavy atom. The molecule has 0 amide bonds. The number of esters is 2. The van der Waals surface area contributed by atoms with Crippen LogP contribution in [-0.2, 0) is 19.1 Å². The monoisotopic (exact) mass is 308 g/mol. The molecule has 4 nitrogen and oxygen atoms in total. The SMILES string of the molecule is CC(C)C(C)(C(=O)OC1C2CC3C(=O)OC1C3C2)C(C)(C)C. The highest BCUT2D eigenvalue weighted by Gasteiger charge is 2.64. The molecule has 0 N–H and O–H groups in total. The third-order valence-corrected chi connectivity index (χ3v) is 6.79. The van der Waals surface area contributed by atoms with E-state index in [4.69, 9.17) is 9.47 Å². The second kappa shape index (κ2) is 4.72. The summed E-state index contributed by atoms with van der Waals surface area (Å²) in [5.74, 6) is 0.578. The topological polar surface area (TPSA) is 52.6 Å². The lowest BCUT2D eigenvalue weighted by Gasteiger charge is -2.44. The smallest absolute Gasteiger partial charge is 0.313 e. The van der Waals surface area contributed by atoms with Gasteiger partial charge in [0.05, 0.1) is 11.3 Å². The van der Waals surface area contributed by atoms with Crippen molar-refractivity contribution in [3.63, 3.8) is 0 Å². The molecular formula is C18H28O4. The van der Waals surface area contributed by atoms with Gasteiger partial charge in [0.1, 0.15) is 12.2 Å². The lowest BCUT2D eigenvalue weighted by molar-refractivity contribution is -0.181. The van der Waals surface area contributed by atoms with Crippen LogP contribution in [0.25, 0.3) is 0 Å². The summed E-state index contributed by atoms with van der Waals surface area (Å²) in [6.45, 7) is 12.4. The highest BCUT2D eigenvalue weighted by atomic mass is 16.6. The van der Waals surface area contributed by atoms with Gasteiger partial charge in [-0.25, -0.2) is 0 Å². The fourth-order valence-corrected chi connectivity index (χ4v) is 4.72. The lowest BCUT2D eigenvalue weighted by Crippen LogP contribution is -2.48. The number of fused-ring (bicyclic) bond motifs is 1. The van der Waals surface area contributed by atoms with Crippen molar-refractivity contribution in [1.82, 2.24) is 0 Å². The standard InChI is InChI=1S/C18H28O4/c1-9(2)18(6,17(3,4)5)16(20)22-13-10-7-11-12(8-10)15(19)21-14(11)13/h9-14H,7-8H2,1-6H3. The van der Waals surface area contributed by atoms with E-state index in [2.05, 4.69) is 34.6 Å². The lowest BCUT2D eigenvalue weighted by atomic mass is 9.62. The third kappa shape index (κ3) is 1.95. The fraction of sp³-hybridized carbons (Fsp3) is 0.889. The Morgan fingerprint density at radius 2 is 1.86 bits per heavy atom. The fourth-order valence-electron chi connectivity index (χ4n) is 4.72. The molecular weight excluding hydrogens is 280 g/mol. The van der Waals surface area contributed by atoms with Crippen molar-refractivity contribution in [3.05, 3.63) is 0 Å². The number of hydrogen-bond acceptors (Lipinski definition) is 4. The first-order valence-electron chi connectivity index (χ1n) is 8.49. The van der Waals surface area contributed by atoms with Crippen LogP contribution in [0, 0.1) is 34.5 Å². The summed E-state index contributed by atoms with van der Waals surface area (Å²) in [4.78, 5) is 24.8. The summed E-state index contributed by atoms with van der Waals surface area (Å²) in [5, 5.41) is 0. The first kappa shape index (κ1) is 15.8. The van der Waals surface area contributed by atoms with Crippen LogP contribution < -0.4 is 0 Å². The zero-order valence-electron chi connectivity index (χ0n) is 14.5. The molecule has 1 saturated heterocycles. The largest absolute Gasteiger partial charge is 0.458 e. The van der Waals surface area contributed by atoms with Gasteiger partial charge >= 0.3 is 11.9 Å². The van der Waals surface area contributed by atoms with Crippen LogP contribution in [0.1, 0.15) is 54.4 Å². The molecule has 1 aliphatic heterocycles. The second-order valence-corrected chi connectivity index (χ2v) is 8.88. The molecule has 1 heterocycles. The van der Waals surface area contributed by atoms with Gasteiger partial charge in [-0.3, -0.25) is 9.59 Å². The van der Waals surface area contributed by atoms with Gasteiger partial charge in [0, 0.05) is 11.8 Å². The molecule has 3 rings (SSSR count). The first-order chi connectivity index (χ1) is 10.1. The maximum absolute atomic E-state index is 13.0. The molecule has 22 heavy (non-hydrogen) atoms. The van der Waals surface area contributed by atoms with E-state index in [1.165, 1.54) is 0 Å². The minimum atomic E-state index is -0.559. The van der Waals surface area contributed by atoms with Crippen molar-refractivity contribution in [2.24, 2.45) is 34.5 Å². The van der Waals surface area contributed by atoms with E-state index in [0.29, 0.717) is 5.92 Å². The van der Waals surface area contributed by atoms with E-state index in [-0.39, 0.29) is 47.3 Å². The molecule has 2 bridgehead atoms. The first-order valence-corrected chi connectivity index (χ1v) is 8.49. The predicted octanol–water partition coefficient (Wildman–Crippen LogP) is 3.19.